The Morgan fingerprint density at radius 2 is 1.95 bits per heavy atom. The van der Waals surface area contributed by atoms with Crippen LogP contribution in [0.3, 0.4) is 0 Å². The van der Waals surface area contributed by atoms with Crippen molar-refractivity contribution in [3.63, 3.8) is 0 Å². The lowest BCUT2D eigenvalue weighted by Crippen LogP contribution is -2.30. The number of hydrogen-bond donors (Lipinski definition) is 3. The number of nitrogens with zero attached hydrogens (tertiary/aromatic N) is 1. The van der Waals surface area contributed by atoms with E-state index in [4.69, 9.17) is 5.73 Å². The molecule has 1 aliphatic rings. The lowest BCUT2D eigenvalue weighted by molar-refractivity contribution is 0.0572. The fraction of sp³-hybridized carbons (Fsp3) is 0.385. The third kappa shape index (κ3) is 3.23. The highest BCUT2D eigenvalue weighted by Gasteiger charge is 2.38. The summed E-state index contributed by atoms with van der Waals surface area (Å²) in [5.41, 5.74) is 5.24. The Labute approximate surface area is 122 Å². The van der Waals surface area contributed by atoms with E-state index in [1.165, 1.54) is 0 Å². The molecule has 2 rings (SSSR count). The maximum atomic E-state index is 13.3. The second-order valence-electron chi connectivity index (χ2n) is 4.60. The van der Waals surface area contributed by atoms with Gasteiger partial charge in [0.05, 0.1) is 23.6 Å². The summed E-state index contributed by atoms with van der Waals surface area (Å²) in [5, 5.41) is 18.9. The average Bonchev–Trinajstić information content (AvgIpc) is 2.77. The van der Waals surface area contributed by atoms with E-state index in [1.54, 1.807) is 0 Å². The van der Waals surface area contributed by atoms with Gasteiger partial charge in [0.2, 0.25) is 10.0 Å². The second kappa shape index (κ2) is 6.09. The lowest BCUT2D eigenvalue weighted by atomic mass is 10.2. The average molecular weight is 314 g/mol. The Morgan fingerprint density at radius 1 is 1.33 bits per heavy atom. The summed E-state index contributed by atoms with van der Waals surface area (Å²) in [6.45, 7) is -0.424. The summed E-state index contributed by atoms with van der Waals surface area (Å²) in [6.07, 6.45) is -2.28. The van der Waals surface area contributed by atoms with E-state index in [0.717, 1.165) is 22.5 Å². The van der Waals surface area contributed by atoms with Gasteiger partial charge in [-0.25, -0.2) is 12.8 Å². The first-order valence-electron chi connectivity index (χ1n) is 6.21. The second-order valence-corrected chi connectivity index (χ2v) is 6.51. The van der Waals surface area contributed by atoms with Crippen LogP contribution in [0.15, 0.2) is 23.1 Å². The molecule has 0 bridgehead atoms. The SMILES string of the molecule is NCC#Cc1cc(F)ccc1S(=O)(=O)N1CC(O)C(O)C1. The fourth-order valence-electron chi connectivity index (χ4n) is 2.04. The minimum absolute atomic E-state index is 0.00340. The zero-order valence-corrected chi connectivity index (χ0v) is 11.8. The maximum absolute atomic E-state index is 13.3. The molecule has 0 aromatic heterocycles. The Bertz CT molecular complexity index is 686. The molecule has 1 fully saturated rings. The first-order valence-corrected chi connectivity index (χ1v) is 7.65. The summed E-state index contributed by atoms with van der Waals surface area (Å²) in [7, 11) is -3.98. The zero-order valence-electron chi connectivity index (χ0n) is 11.0. The van der Waals surface area contributed by atoms with E-state index in [9.17, 15) is 23.0 Å². The van der Waals surface area contributed by atoms with Gasteiger partial charge in [-0.3, -0.25) is 0 Å². The topological polar surface area (TPSA) is 104 Å². The van der Waals surface area contributed by atoms with Gasteiger partial charge in [-0.1, -0.05) is 11.8 Å². The largest absolute Gasteiger partial charge is 0.389 e. The molecule has 0 aliphatic carbocycles. The molecule has 1 aliphatic heterocycles. The molecule has 0 saturated carbocycles. The highest BCUT2D eigenvalue weighted by atomic mass is 32.2. The zero-order chi connectivity index (χ0) is 15.6. The van der Waals surface area contributed by atoms with Gasteiger partial charge in [0.15, 0.2) is 0 Å². The van der Waals surface area contributed by atoms with Gasteiger partial charge < -0.3 is 15.9 Å². The van der Waals surface area contributed by atoms with Crippen molar-refractivity contribution in [3.8, 4) is 11.8 Å². The van der Waals surface area contributed by atoms with Gasteiger partial charge in [-0.2, -0.15) is 4.31 Å². The van der Waals surface area contributed by atoms with Gasteiger partial charge in [-0.15, -0.1) is 0 Å². The van der Waals surface area contributed by atoms with Crippen LogP contribution in [-0.2, 0) is 10.0 Å². The number of rotatable bonds is 2. The Balaban J connectivity index is 2.45. The molecule has 114 valence electrons. The van der Waals surface area contributed by atoms with Gasteiger partial charge >= 0.3 is 0 Å². The minimum atomic E-state index is -3.98. The van der Waals surface area contributed by atoms with Crippen molar-refractivity contribution in [1.82, 2.24) is 4.31 Å². The summed E-state index contributed by atoms with van der Waals surface area (Å²) >= 11 is 0. The van der Waals surface area contributed by atoms with Crippen molar-refractivity contribution in [2.24, 2.45) is 5.73 Å². The number of halogens is 1. The third-order valence-electron chi connectivity index (χ3n) is 3.11. The van der Waals surface area contributed by atoms with Crippen LogP contribution >= 0.6 is 0 Å². The van der Waals surface area contributed by atoms with E-state index < -0.39 is 28.0 Å². The summed E-state index contributed by atoms with van der Waals surface area (Å²) in [4.78, 5) is -0.175. The van der Waals surface area contributed by atoms with Gasteiger partial charge in [0.1, 0.15) is 5.82 Å². The highest BCUT2D eigenvalue weighted by Crippen LogP contribution is 2.24. The molecular weight excluding hydrogens is 299 g/mol. The standard InChI is InChI=1S/C13H15FN2O4S/c14-10-3-4-13(9(6-10)2-1-5-15)21(19,20)16-7-11(17)12(18)8-16/h3-4,6,11-12,17-18H,5,7-8,15H2. The fourth-order valence-corrected chi connectivity index (χ4v) is 3.65. The van der Waals surface area contributed by atoms with Crippen molar-refractivity contribution in [3.05, 3.63) is 29.6 Å². The van der Waals surface area contributed by atoms with Crippen molar-refractivity contribution >= 4 is 10.0 Å². The van der Waals surface area contributed by atoms with E-state index in [1.807, 2.05) is 0 Å². The van der Waals surface area contributed by atoms with Crippen LogP contribution in [0.1, 0.15) is 5.56 Å². The van der Waals surface area contributed by atoms with E-state index in [-0.39, 0.29) is 30.1 Å². The first-order chi connectivity index (χ1) is 9.86. The molecule has 1 aromatic carbocycles. The number of hydrogen-bond acceptors (Lipinski definition) is 5. The summed E-state index contributed by atoms with van der Waals surface area (Å²) in [5.74, 6) is 4.39. The normalized spacial score (nSPS) is 22.9. The molecule has 0 spiro atoms. The van der Waals surface area contributed by atoms with Crippen molar-refractivity contribution < 1.29 is 23.0 Å². The van der Waals surface area contributed by atoms with E-state index in [0.29, 0.717) is 0 Å². The molecule has 4 N–H and O–H groups in total. The summed E-state index contributed by atoms with van der Waals surface area (Å²) < 4.78 is 39.2. The Morgan fingerprint density at radius 3 is 2.52 bits per heavy atom. The molecule has 2 unspecified atom stereocenters. The van der Waals surface area contributed by atoms with Gasteiger partial charge in [0, 0.05) is 18.7 Å². The van der Waals surface area contributed by atoms with Crippen molar-refractivity contribution in [2.45, 2.75) is 17.1 Å². The number of nitrogens with two attached hydrogens (primary N) is 1. The Kier molecular flexibility index (Phi) is 4.61. The van der Waals surface area contributed by atoms with Crippen molar-refractivity contribution in [1.29, 1.82) is 0 Å². The molecule has 21 heavy (non-hydrogen) atoms. The van der Waals surface area contributed by atoms with Crippen LogP contribution < -0.4 is 5.73 Å². The molecule has 0 amide bonds. The van der Waals surface area contributed by atoms with E-state index in [2.05, 4.69) is 11.8 Å². The lowest BCUT2D eigenvalue weighted by Gasteiger charge is -2.16. The number of sulfonamides is 1. The molecular formula is C13H15FN2O4S. The summed E-state index contributed by atoms with van der Waals surface area (Å²) in [6, 6.07) is 3.14. The predicted octanol–water partition coefficient (Wildman–Crippen LogP) is -1.14. The van der Waals surface area contributed by atoms with Crippen LogP contribution in [0.4, 0.5) is 4.39 Å². The number of aliphatic hydroxyl groups excluding tert-OH is 2. The molecule has 1 saturated heterocycles. The number of β-amino-alcohol motifs (C(OH)–C–C–N with tert-alkyl or cyclic N) is 2. The minimum Gasteiger partial charge on any atom is -0.389 e. The quantitative estimate of drug-likeness (QED) is 0.599. The van der Waals surface area contributed by atoms with Gasteiger partial charge in [0.25, 0.3) is 0 Å². The number of benzene rings is 1. The van der Waals surface area contributed by atoms with Crippen LogP contribution in [-0.4, -0.2) is 54.8 Å². The first kappa shape index (κ1) is 15.9. The molecule has 2 atom stereocenters. The predicted molar refractivity (Wildman–Crippen MR) is 73.1 cm³/mol. The number of aliphatic hydroxyl groups is 2. The molecule has 8 heteroatoms. The van der Waals surface area contributed by atoms with Crippen LogP contribution in [0, 0.1) is 17.7 Å². The van der Waals surface area contributed by atoms with Crippen LogP contribution in [0.25, 0.3) is 0 Å². The third-order valence-corrected chi connectivity index (χ3v) is 5.00. The van der Waals surface area contributed by atoms with Crippen LogP contribution in [0.5, 0.6) is 0 Å². The molecule has 1 heterocycles. The van der Waals surface area contributed by atoms with Gasteiger partial charge in [-0.05, 0) is 18.2 Å². The van der Waals surface area contributed by atoms with Crippen LogP contribution in [0.2, 0.25) is 0 Å². The molecule has 6 nitrogen and oxygen atoms in total. The van der Waals surface area contributed by atoms with E-state index >= 15 is 0 Å². The van der Waals surface area contributed by atoms with Crippen molar-refractivity contribution in [2.75, 3.05) is 19.6 Å². The highest BCUT2D eigenvalue weighted by molar-refractivity contribution is 7.89. The Hall–Kier alpha value is -1.50. The smallest absolute Gasteiger partial charge is 0.244 e. The molecule has 0 radical (unpaired) electrons. The maximum Gasteiger partial charge on any atom is 0.244 e. The molecule has 1 aromatic rings. The monoisotopic (exact) mass is 314 g/mol.